The lowest BCUT2D eigenvalue weighted by atomic mass is 9.95. The third-order valence-electron chi connectivity index (χ3n) is 5.14. The topological polar surface area (TPSA) is 66.0 Å². The van der Waals surface area contributed by atoms with Crippen LogP contribution in [0.15, 0.2) is 41.3 Å². The number of benzene rings is 1. The van der Waals surface area contributed by atoms with Crippen LogP contribution in [0.5, 0.6) is 23.0 Å². The quantitative estimate of drug-likeness (QED) is 0.799. The minimum absolute atomic E-state index is 0.0820. The molecule has 29 heavy (non-hydrogen) atoms. The third-order valence-corrected chi connectivity index (χ3v) is 5.14. The summed E-state index contributed by atoms with van der Waals surface area (Å²) in [5.41, 5.74) is 4.36. The Labute approximate surface area is 171 Å². The number of allylic oxidation sites excluding steroid dienone is 1. The summed E-state index contributed by atoms with van der Waals surface area (Å²) >= 11 is 0. The van der Waals surface area contributed by atoms with Gasteiger partial charge in [-0.2, -0.15) is 0 Å². The first-order chi connectivity index (χ1) is 13.9. The summed E-state index contributed by atoms with van der Waals surface area (Å²) in [6.45, 7) is 5.89. The summed E-state index contributed by atoms with van der Waals surface area (Å²) in [5, 5.41) is 3.41. The SMILES string of the molecule is C=C(C)N[C@H]1CCc2cc(OC)c(OC)c(OC)c2-c2ccc(OC)c(=O)cc21. The molecule has 0 aromatic heterocycles. The van der Waals surface area contributed by atoms with Crippen LogP contribution in [-0.4, -0.2) is 28.4 Å². The van der Waals surface area contributed by atoms with Crippen molar-refractivity contribution in [1.29, 1.82) is 0 Å². The first-order valence-corrected chi connectivity index (χ1v) is 9.41. The van der Waals surface area contributed by atoms with E-state index in [9.17, 15) is 4.79 Å². The highest BCUT2D eigenvalue weighted by Crippen LogP contribution is 2.50. The molecular weight excluding hydrogens is 370 g/mol. The second kappa shape index (κ2) is 8.47. The molecule has 1 N–H and O–H groups in total. The molecule has 0 saturated carbocycles. The zero-order valence-electron chi connectivity index (χ0n) is 17.5. The van der Waals surface area contributed by atoms with Crippen LogP contribution in [0.4, 0.5) is 0 Å². The van der Waals surface area contributed by atoms with Gasteiger partial charge in [-0.3, -0.25) is 4.79 Å². The fourth-order valence-electron chi connectivity index (χ4n) is 3.91. The summed E-state index contributed by atoms with van der Waals surface area (Å²) in [4.78, 5) is 12.7. The van der Waals surface area contributed by atoms with Crippen LogP contribution < -0.4 is 29.7 Å². The van der Waals surface area contributed by atoms with E-state index >= 15 is 0 Å². The molecule has 0 saturated heterocycles. The van der Waals surface area contributed by atoms with Gasteiger partial charge in [-0.1, -0.05) is 12.6 Å². The molecule has 1 atom stereocenters. The Hall–Kier alpha value is -3.15. The van der Waals surface area contributed by atoms with Crippen LogP contribution in [0.2, 0.25) is 0 Å². The molecule has 3 rings (SSSR count). The van der Waals surface area contributed by atoms with Crippen molar-refractivity contribution in [2.24, 2.45) is 0 Å². The van der Waals surface area contributed by atoms with Crippen LogP contribution in [0.25, 0.3) is 11.1 Å². The Balaban J connectivity index is 2.41. The fraction of sp³-hybridized carbons (Fsp3) is 0.348. The Morgan fingerprint density at radius 3 is 2.28 bits per heavy atom. The normalized spacial score (nSPS) is 14.7. The van der Waals surface area contributed by atoms with E-state index in [4.69, 9.17) is 18.9 Å². The zero-order valence-corrected chi connectivity index (χ0v) is 17.5. The summed E-state index contributed by atoms with van der Waals surface area (Å²) in [6, 6.07) is 7.14. The van der Waals surface area contributed by atoms with Crippen molar-refractivity contribution in [1.82, 2.24) is 5.32 Å². The highest BCUT2D eigenvalue weighted by Gasteiger charge is 2.29. The van der Waals surface area contributed by atoms with Gasteiger partial charge in [0.05, 0.1) is 34.5 Å². The van der Waals surface area contributed by atoms with E-state index in [0.717, 1.165) is 40.8 Å². The number of methoxy groups -OCH3 is 4. The van der Waals surface area contributed by atoms with E-state index in [1.54, 1.807) is 33.5 Å². The van der Waals surface area contributed by atoms with Crippen molar-refractivity contribution in [3.05, 3.63) is 57.9 Å². The Kier molecular flexibility index (Phi) is 6.01. The van der Waals surface area contributed by atoms with Gasteiger partial charge in [0.25, 0.3) is 0 Å². The molecule has 6 heteroatoms. The standard InChI is InChI=1S/C23H27NO5/c1-13(2)24-17-9-7-14-11-20(27-4)22(28-5)23(29-6)21(14)15-8-10-19(26-3)18(25)12-16(15)17/h8,10-12,17,24H,1,7,9H2,2-6H3/t17-/m0/s1. The van der Waals surface area contributed by atoms with Crippen LogP contribution in [-0.2, 0) is 6.42 Å². The van der Waals surface area contributed by atoms with Crippen molar-refractivity contribution in [3.8, 4) is 34.1 Å². The van der Waals surface area contributed by atoms with Crippen molar-refractivity contribution >= 4 is 0 Å². The molecule has 0 fully saturated rings. The maximum Gasteiger partial charge on any atom is 0.220 e. The van der Waals surface area contributed by atoms with E-state index in [1.807, 2.05) is 19.1 Å². The van der Waals surface area contributed by atoms with Crippen LogP contribution in [0, 0.1) is 0 Å². The largest absolute Gasteiger partial charge is 0.493 e. The first kappa shape index (κ1) is 20.6. The van der Waals surface area contributed by atoms with E-state index < -0.39 is 0 Å². The van der Waals surface area contributed by atoms with Gasteiger partial charge < -0.3 is 24.3 Å². The highest BCUT2D eigenvalue weighted by atomic mass is 16.5. The average Bonchev–Trinajstić information content (AvgIpc) is 2.95. The number of hydrogen-bond donors (Lipinski definition) is 1. The van der Waals surface area contributed by atoms with Gasteiger partial charge in [0.15, 0.2) is 17.2 Å². The molecular formula is C23H27NO5. The number of hydrogen-bond acceptors (Lipinski definition) is 6. The minimum Gasteiger partial charge on any atom is -0.493 e. The van der Waals surface area contributed by atoms with Crippen molar-refractivity contribution in [2.75, 3.05) is 28.4 Å². The summed E-state index contributed by atoms with van der Waals surface area (Å²) in [7, 11) is 6.29. The van der Waals surface area contributed by atoms with Gasteiger partial charge in [-0.25, -0.2) is 0 Å². The predicted molar refractivity (Wildman–Crippen MR) is 113 cm³/mol. The van der Waals surface area contributed by atoms with Crippen molar-refractivity contribution in [3.63, 3.8) is 0 Å². The summed E-state index contributed by atoms with van der Waals surface area (Å²) in [5.74, 6) is 2.00. The molecule has 0 bridgehead atoms. The van der Waals surface area contributed by atoms with Crippen molar-refractivity contribution in [2.45, 2.75) is 25.8 Å². The van der Waals surface area contributed by atoms with Crippen LogP contribution in [0.3, 0.4) is 0 Å². The molecule has 6 nitrogen and oxygen atoms in total. The van der Waals surface area contributed by atoms with Gasteiger partial charge in [-0.05, 0) is 54.7 Å². The molecule has 154 valence electrons. The zero-order chi connectivity index (χ0) is 21.1. The van der Waals surface area contributed by atoms with Crippen molar-refractivity contribution < 1.29 is 18.9 Å². The summed E-state index contributed by atoms with van der Waals surface area (Å²) in [6.07, 6.45) is 1.54. The lowest BCUT2D eigenvalue weighted by molar-refractivity contribution is 0.324. The number of rotatable bonds is 6. The van der Waals surface area contributed by atoms with E-state index in [1.165, 1.54) is 7.11 Å². The van der Waals surface area contributed by atoms with E-state index in [0.29, 0.717) is 17.2 Å². The van der Waals surface area contributed by atoms with E-state index in [-0.39, 0.29) is 17.2 Å². The highest BCUT2D eigenvalue weighted by molar-refractivity contribution is 5.82. The smallest absolute Gasteiger partial charge is 0.220 e. The Morgan fingerprint density at radius 2 is 1.69 bits per heavy atom. The van der Waals surface area contributed by atoms with Crippen LogP contribution in [0.1, 0.15) is 30.5 Å². The molecule has 2 aromatic rings. The molecule has 1 aliphatic rings. The fourth-order valence-corrected chi connectivity index (χ4v) is 3.91. The molecule has 0 aliphatic heterocycles. The maximum atomic E-state index is 12.7. The Bertz CT molecular complexity index is 999. The molecule has 1 aliphatic carbocycles. The maximum absolute atomic E-state index is 12.7. The number of ether oxygens (including phenoxy) is 4. The lowest BCUT2D eigenvalue weighted by Crippen LogP contribution is -2.20. The van der Waals surface area contributed by atoms with Gasteiger partial charge in [0.2, 0.25) is 11.2 Å². The molecule has 0 heterocycles. The first-order valence-electron chi connectivity index (χ1n) is 9.41. The second-order valence-electron chi connectivity index (χ2n) is 6.97. The van der Waals surface area contributed by atoms with E-state index in [2.05, 4.69) is 11.9 Å². The third kappa shape index (κ3) is 3.75. The number of nitrogens with one attached hydrogen (secondary N) is 1. The molecule has 2 aromatic carbocycles. The molecule has 0 unspecified atom stereocenters. The van der Waals surface area contributed by atoms with Gasteiger partial charge in [0.1, 0.15) is 0 Å². The average molecular weight is 397 g/mol. The van der Waals surface area contributed by atoms with Gasteiger partial charge >= 0.3 is 0 Å². The molecule has 0 radical (unpaired) electrons. The minimum atomic E-state index is -0.176. The molecule has 0 amide bonds. The predicted octanol–water partition coefficient (Wildman–Crippen LogP) is 3.86. The van der Waals surface area contributed by atoms with Gasteiger partial charge in [-0.15, -0.1) is 0 Å². The Morgan fingerprint density at radius 1 is 1.00 bits per heavy atom. The van der Waals surface area contributed by atoms with Gasteiger partial charge in [0, 0.05) is 11.3 Å². The molecule has 0 spiro atoms. The monoisotopic (exact) mass is 397 g/mol. The number of aryl methyl sites for hydroxylation is 1. The lowest BCUT2D eigenvalue weighted by Gasteiger charge is -2.20. The number of fused-ring (bicyclic) bond motifs is 3. The summed E-state index contributed by atoms with van der Waals surface area (Å²) < 4.78 is 22.2. The second-order valence-corrected chi connectivity index (χ2v) is 6.97. The van der Waals surface area contributed by atoms with Crippen LogP contribution >= 0.6 is 0 Å².